The molecule has 0 atom stereocenters. The van der Waals surface area contributed by atoms with E-state index in [0.29, 0.717) is 10.2 Å². The first kappa shape index (κ1) is 11.0. The van der Waals surface area contributed by atoms with Crippen molar-refractivity contribution in [1.82, 2.24) is 4.98 Å². The van der Waals surface area contributed by atoms with Crippen molar-refractivity contribution in [3.05, 3.63) is 26.4 Å². The molecule has 1 aromatic heterocycles. The fourth-order valence-electron chi connectivity index (χ4n) is 0.777. The number of rotatable bonds is 2. The highest BCUT2D eigenvalue weighted by molar-refractivity contribution is 9.13. The molecule has 0 saturated carbocycles. The second-order valence-electron chi connectivity index (χ2n) is 2.25. The van der Waals surface area contributed by atoms with E-state index in [1.807, 2.05) is 0 Å². The quantitative estimate of drug-likeness (QED) is 0.909. The molecule has 1 heterocycles. The second-order valence-corrected chi connectivity index (χ2v) is 3.83. The van der Waals surface area contributed by atoms with Crippen LogP contribution in [0.3, 0.4) is 0 Å². The molecule has 6 heteroatoms. The monoisotopic (exact) mass is 315 g/mol. The van der Waals surface area contributed by atoms with E-state index in [1.165, 1.54) is 0 Å². The van der Waals surface area contributed by atoms with Gasteiger partial charge in [-0.05, 0) is 31.9 Å². The predicted molar refractivity (Wildman–Crippen MR) is 50.5 cm³/mol. The zero-order valence-corrected chi connectivity index (χ0v) is 9.44. The number of pyridine rings is 1. The lowest BCUT2D eigenvalue weighted by Crippen LogP contribution is -1.96. The summed E-state index contributed by atoms with van der Waals surface area (Å²) in [6.45, 7) is -0.289. The lowest BCUT2D eigenvalue weighted by molar-refractivity contribution is 0.149. The summed E-state index contributed by atoms with van der Waals surface area (Å²) in [7, 11) is 0. The van der Waals surface area contributed by atoms with Gasteiger partial charge in [0, 0.05) is 10.7 Å². The summed E-state index contributed by atoms with van der Waals surface area (Å²) in [6, 6.07) is 0. The zero-order chi connectivity index (χ0) is 10.0. The molecule has 13 heavy (non-hydrogen) atoms. The van der Waals surface area contributed by atoms with E-state index in [-0.39, 0.29) is 16.6 Å². The Kier molecular flexibility index (Phi) is 3.75. The minimum atomic E-state index is -2.58. The summed E-state index contributed by atoms with van der Waals surface area (Å²) in [5.74, 6) is 0. The molecule has 0 unspecified atom stereocenters. The summed E-state index contributed by atoms with van der Waals surface area (Å²) >= 11 is 6.05. The molecule has 1 aromatic rings. The van der Waals surface area contributed by atoms with Crippen LogP contribution in [0.5, 0.6) is 0 Å². The second kappa shape index (κ2) is 4.43. The zero-order valence-electron chi connectivity index (χ0n) is 6.27. The van der Waals surface area contributed by atoms with Gasteiger partial charge < -0.3 is 5.11 Å². The fraction of sp³-hybridized carbons (Fsp3) is 0.286. The van der Waals surface area contributed by atoms with Gasteiger partial charge in [0.25, 0.3) is 6.43 Å². The molecular weight excluding hydrogens is 312 g/mol. The number of aliphatic hydroxyl groups excluding tert-OH is 1. The van der Waals surface area contributed by atoms with Gasteiger partial charge >= 0.3 is 0 Å². The number of nitrogens with zero attached hydrogens (tertiary/aromatic N) is 1. The lowest BCUT2D eigenvalue weighted by atomic mass is 10.2. The highest BCUT2D eigenvalue weighted by Crippen LogP contribution is 2.34. The molecule has 0 bridgehead atoms. The summed E-state index contributed by atoms with van der Waals surface area (Å²) in [4.78, 5) is 3.67. The average molecular weight is 317 g/mol. The van der Waals surface area contributed by atoms with Gasteiger partial charge in [0.15, 0.2) is 0 Å². The third-order valence-electron chi connectivity index (χ3n) is 1.44. The van der Waals surface area contributed by atoms with Crippen molar-refractivity contribution >= 4 is 31.9 Å². The van der Waals surface area contributed by atoms with Gasteiger partial charge in [-0.2, -0.15) is 0 Å². The Morgan fingerprint density at radius 2 is 2.00 bits per heavy atom. The van der Waals surface area contributed by atoms with Crippen LogP contribution in [0.1, 0.15) is 17.7 Å². The van der Waals surface area contributed by atoms with Crippen LogP contribution in [0.4, 0.5) is 8.78 Å². The number of halogens is 4. The Morgan fingerprint density at radius 3 is 2.46 bits per heavy atom. The Bertz CT molecular complexity index is 320. The molecule has 72 valence electrons. The summed E-state index contributed by atoms with van der Waals surface area (Å²) < 4.78 is 25.2. The molecule has 0 fully saturated rings. The fourth-order valence-corrected chi connectivity index (χ4v) is 1.74. The van der Waals surface area contributed by atoms with Gasteiger partial charge in [-0.15, -0.1) is 0 Å². The number of alkyl halides is 2. The summed E-state index contributed by atoms with van der Waals surface area (Å²) in [6.07, 6.45) is -1.53. The predicted octanol–water partition coefficient (Wildman–Crippen LogP) is 3.04. The minimum Gasteiger partial charge on any atom is -0.390 e. The van der Waals surface area contributed by atoms with E-state index < -0.39 is 6.43 Å². The van der Waals surface area contributed by atoms with E-state index in [4.69, 9.17) is 5.11 Å². The van der Waals surface area contributed by atoms with Gasteiger partial charge in [-0.1, -0.05) is 0 Å². The Balaban J connectivity index is 3.23. The molecule has 1 N–H and O–H groups in total. The highest BCUT2D eigenvalue weighted by atomic mass is 79.9. The largest absolute Gasteiger partial charge is 0.390 e. The van der Waals surface area contributed by atoms with Crippen molar-refractivity contribution in [2.24, 2.45) is 0 Å². The van der Waals surface area contributed by atoms with Crippen molar-refractivity contribution in [2.45, 2.75) is 13.0 Å². The standard InChI is InChI=1S/C7H5Br2F2NO/c8-5-3(7(10)11)1-12-4(2-13)6(5)9/h1,7,13H,2H2. The topological polar surface area (TPSA) is 33.1 Å². The normalized spacial score (nSPS) is 10.9. The molecule has 0 amide bonds. The van der Waals surface area contributed by atoms with Gasteiger partial charge in [0.1, 0.15) is 0 Å². The van der Waals surface area contributed by atoms with Crippen LogP contribution in [-0.2, 0) is 6.61 Å². The maximum absolute atomic E-state index is 12.3. The molecule has 0 aliphatic rings. The lowest BCUT2D eigenvalue weighted by Gasteiger charge is -2.07. The first-order valence-corrected chi connectivity index (χ1v) is 4.88. The first-order valence-electron chi connectivity index (χ1n) is 3.29. The Hall–Kier alpha value is -0.0700. The number of hydrogen-bond acceptors (Lipinski definition) is 2. The van der Waals surface area contributed by atoms with Crippen LogP contribution in [0.25, 0.3) is 0 Å². The average Bonchev–Trinajstić information content (AvgIpc) is 2.09. The molecule has 0 aromatic carbocycles. The van der Waals surface area contributed by atoms with Crippen LogP contribution in [0, 0.1) is 0 Å². The highest BCUT2D eigenvalue weighted by Gasteiger charge is 2.16. The molecule has 0 spiro atoms. The SMILES string of the molecule is OCc1ncc(C(F)F)c(Br)c1Br. The number of aliphatic hydroxyl groups is 1. The smallest absolute Gasteiger partial charge is 0.266 e. The van der Waals surface area contributed by atoms with Crippen LogP contribution < -0.4 is 0 Å². The van der Waals surface area contributed by atoms with E-state index in [2.05, 4.69) is 36.8 Å². The summed E-state index contributed by atoms with van der Waals surface area (Å²) in [5.41, 5.74) is 0.139. The van der Waals surface area contributed by atoms with E-state index in [1.54, 1.807) is 0 Å². The van der Waals surface area contributed by atoms with Crippen molar-refractivity contribution in [2.75, 3.05) is 0 Å². The Morgan fingerprint density at radius 1 is 1.38 bits per heavy atom. The van der Waals surface area contributed by atoms with Crippen molar-refractivity contribution in [1.29, 1.82) is 0 Å². The molecule has 0 radical (unpaired) electrons. The summed E-state index contributed by atoms with van der Waals surface area (Å²) in [5, 5.41) is 8.77. The molecule has 0 saturated heterocycles. The maximum atomic E-state index is 12.3. The van der Waals surface area contributed by atoms with Crippen molar-refractivity contribution < 1.29 is 13.9 Å². The molecule has 2 nitrogen and oxygen atoms in total. The van der Waals surface area contributed by atoms with E-state index >= 15 is 0 Å². The number of hydrogen-bond donors (Lipinski definition) is 1. The van der Waals surface area contributed by atoms with Crippen molar-refractivity contribution in [3.8, 4) is 0 Å². The third kappa shape index (κ3) is 2.24. The number of aromatic nitrogens is 1. The van der Waals surface area contributed by atoms with Gasteiger partial charge in [-0.3, -0.25) is 4.98 Å². The molecule has 1 rings (SSSR count). The van der Waals surface area contributed by atoms with Gasteiger partial charge in [-0.25, -0.2) is 8.78 Å². The van der Waals surface area contributed by atoms with E-state index in [9.17, 15) is 8.78 Å². The van der Waals surface area contributed by atoms with Crippen LogP contribution in [-0.4, -0.2) is 10.1 Å². The van der Waals surface area contributed by atoms with Crippen molar-refractivity contribution in [3.63, 3.8) is 0 Å². The maximum Gasteiger partial charge on any atom is 0.266 e. The van der Waals surface area contributed by atoms with Gasteiger partial charge in [0.05, 0.1) is 22.3 Å². The van der Waals surface area contributed by atoms with Crippen LogP contribution >= 0.6 is 31.9 Å². The van der Waals surface area contributed by atoms with Gasteiger partial charge in [0.2, 0.25) is 0 Å². The minimum absolute atomic E-state index is 0.191. The molecule has 0 aliphatic carbocycles. The Labute approximate surface area is 90.2 Å². The molecular formula is C7H5Br2F2NO. The van der Waals surface area contributed by atoms with Crippen LogP contribution in [0.15, 0.2) is 15.1 Å². The third-order valence-corrected chi connectivity index (χ3v) is 3.68. The molecule has 0 aliphatic heterocycles. The van der Waals surface area contributed by atoms with Crippen LogP contribution in [0.2, 0.25) is 0 Å². The first-order chi connectivity index (χ1) is 6.07. The van der Waals surface area contributed by atoms with E-state index in [0.717, 1.165) is 6.20 Å².